The highest BCUT2D eigenvalue weighted by molar-refractivity contribution is 6.12. The molecule has 0 aromatic heterocycles. The van der Waals surface area contributed by atoms with E-state index in [0.717, 1.165) is 22.5 Å². The van der Waals surface area contributed by atoms with Crippen molar-refractivity contribution in [3.8, 4) is 0 Å². The highest BCUT2D eigenvalue weighted by Gasteiger charge is 2.30. The molecule has 0 spiro atoms. The van der Waals surface area contributed by atoms with Gasteiger partial charge in [0.2, 0.25) is 5.91 Å². The Morgan fingerprint density at radius 1 is 0.958 bits per heavy atom. The zero-order chi connectivity index (χ0) is 16.4. The minimum atomic E-state index is -0.351. The second-order valence-electron chi connectivity index (χ2n) is 6.74. The smallest absolute Gasteiger partial charge is 0.249 e. The molecule has 2 aromatic rings. The summed E-state index contributed by atoms with van der Waals surface area (Å²) in [6.45, 7) is 0. The van der Waals surface area contributed by atoms with Crippen molar-refractivity contribution in [3.63, 3.8) is 0 Å². The SMILES string of the molecule is O=C1Nc2ccccc2C(C2CCCC2)=NC1Cc1ccccc1. The zero-order valence-electron chi connectivity index (χ0n) is 13.7. The van der Waals surface area contributed by atoms with Crippen LogP contribution in [0.5, 0.6) is 0 Å². The predicted molar refractivity (Wildman–Crippen MR) is 97.5 cm³/mol. The number of carbonyl (C=O) groups is 1. The van der Waals surface area contributed by atoms with E-state index < -0.39 is 0 Å². The standard InChI is InChI=1S/C21H22N2O/c24-21-19(14-15-8-2-1-3-9-15)22-20(16-10-4-5-11-16)17-12-6-7-13-18(17)23-21/h1-3,6-9,12-13,16,19H,4-5,10-11,14H2,(H,23,24). The van der Waals surface area contributed by atoms with Gasteiger partial charge >= 0.3 is 0 Å². The summed E-state index contributed by atoms with van der Waals surface area (Å²) in [7, 11) is 0. The number of nitrogens with one attached hydrogen (secondary N) is 1. The third-order valence-corrected chi connectivity index (χ3v) is 5.07. The van der Waals surface area contributed by atoms with Gasteiger partial charge in [-0.3, -0.25) is 9.79 Å². The summed E-state index contributed by atoms with van der Waals surface area (Å²) in [5.74, 6) is 0.483. The van der Waals surface area contributed by atoms with E-state index in [1.807, 2.05) is 36.4 Å². The van der Waals surface area contributed by atoms with Crippen LogP contribution in [0.1, 0.15) is 36.8 Å². The normalized spacial score (nSPS) is 20.9. The molecule has 1 fully saturated rings. The first kappa shape index (κ1) is 15.1. The molecule has 24 heavy (non-hydrogen) atoms. The number of fused-ring (bicyclic) bond motifs is 1. The number of amides is 1. The summed E-state index contributed by atoms with van der Waals surface area (Å²) in [4.78, 5) is 17.7. The number of benzene rings is 2. The van der Waals surface area contributed by atoms with Crippen molar-refractivity contribution in [1.82, 2.24) is 0 Å². The van der Waals surface area contributed by atoms with Crippen molar-refractivity contribution in [2.24, 2.45) is 10.9 Å². The van der Waals surface area contributed by atoms with Gasteiger partial charge in [0.15, 0.2) is 0 Å². The monoisotopic (exact) mass is 318 g/mol. The quantitative estimate of drug-likeness (QED) is 0.904. The van der Waals surface area contributed by atoms with Crippen LogP contribution in [0.2, 0.25) is 0 Å². The Morgan fingerprint density at radius 3 is 2.46 bits per heavy atom. The third kappa shape index (κ3) is 2.99. The van der Waals surface area contributed by atoms with Gasteiger partial charge in [-0.1, -0.05) is 61.4 Å². The summed E-state index contributed by atoms with van der Waals surface area (Å²) in [6, 6.07) is 17.9. The molecule has 3 nitrogen and oxygen atoms in total. The lowest BCUT2D eigenvalue weighted by molar-refractivity contribution is -0.117. The van der Waals surface area contributed by atoms with E-state index in [4.69, 9.17) is 4.99 Å². The molecule has 1 heterocycles. The molecule has 2 aliphatic rings. The Labute approximate surface area is 142 Å². The highest BCUT2D eigenvalue weighted by Crippen LogP contribution is 2.33. The van der Waals surface area contributed by atoms with E-state index in [9.17, 15) is 4.79 Å². The van der Waals surface area contributed by atoms with Crippen molar-refractivity contribution in [2.45, 2.75) is 38.1 Å². The number of rotatable bonds is 3. The summed E-state index contributed by atoms with van der Waals surface area (Å²) >= 11 is 0. The molecular formula is C21H22N2O. The molecule has 1 aliphatic carbocycles. The van der Waals surface area contributed by atoms with Crippen molar-refractivity contribution in [2.75, 3.05) is 5.32 Å². The number of hydrogen-bond acceptors (Lipinski definition) is 2. The minimum Gasteiger partial charge on any atom is -0.324 e. The lowest BCUT2D eigenvalue weighted by atomic mass is 9.94. The van der Waals surface area contributed by atoms with Crippen molar-refractivity contribution < 1.29 is 4.79 Å². The van der Waals surface area contributed by atoms with Crippen LogP contribution in [-0.4, -0.2) is 17.7 Å². The lowest BCUT2D eigenvalue weighted by Crippen LogP contribution is -2.27. The van der Waals surface area contributed by atoms with E-state index in [1.165, 1.54) is 25.7 Å². The fraction of sp³-hybridized carbons (Fsp3) is 0.333. The Bertz CT molecular complexity index is 760. The Morgan fingerprint density at radius 2 is 1.67 bits per heavy atom. The van der Waals surface area contributed by atoms with Crippen LogP contribution in [0, 0.1) is 5.92 Å². The first-order valence-electron chi connectivity index (χ1n) is 8.83. The van der Waals surface area contributed by atoms with Crippen LogP contribution in [0.4, 0.5) is 5.69 Å². The summed E-state index contributed by atoms with van der Waals surface area (Å²) < 4.78 is 0. The summed E-state index contributed by atoms with van der Waals surface area (Å²) in [5, 5.41) is 3.09. The number of anilines is 1. The number of nitrogens with zero attached hydrogens (tertiary/aromatic N) is 1. The predicted octanol–water partition coefficient (Wildman–Crippen LogP) is 4.23. The molecule has 1 unspecified atom stereocenters. The van der Waals surface area contributed by atoms with Gasteiger partial charge in [-0.25, -0.2) is 0 Å². The molecule has 0 radical (unpaired) electrons. The number of aliphatic imine (C=N–C) groups is 1. The minimum absolute atomic E-state index is 0.000648. The van der Waals surface area contributed by atoms with E-state index in [2.05, 4.69) is 23.5 Å². The number of para-hydroxylation sites is 1. The fourth-order valence-electron chi connectivity index (χ4n) is 3.83. The van der Waals surface area contributed by atoms with Crippen LogP contribution in [0.15, 0.2) is 59.6 Å². The molecule has 4 rings (SSSR count). The average Bonchev–Trinajstić information content (AvgIpc) is 3.10. The summed E-state index contributed by atoms with van der Waals surface area (Å²) in [6.07, 6.45) is 5.53. The van der Waals surface area contributed by atoms with Crippen molar-refractivity contribution in [3.05, 3.63) is 65.7 Å². The second kappa shape index (κ2) is 6.60. The highest BCUT2D eigenvalue weighted by atomic mass is 16.2. The fourth-order valence-corrected chi connectivity index (χ4v) is 3.83. The average molecular weight is 318 g/mol. The van der Waals surface area contributed by atoms with E-state index >= 15 is 0 Å². The van der Waals surface area contributed by atoms with E-state index in [0.29, 0.717) is 12.3 Å². The first-order valence-corrected chi connectivity index (χ1v) is 8.83. The van der Waals surface area contributed by atoms with Crippen LogP contribution in [0.3, 0.4) is 0 Å². The van der Waals surface area contributed by atoms with Gasteiger partial charge in [0.25, 0.3) is 0 Å². The van der Waals surface area contributed by atoms with Crippen LogP contribution in [-0.2, 0) is 11.2 Å². The van der Waals surface area contributed by atoms with Crippen molar-refractivity contribution in [1.29, 1.82) is 0 Å². The Balaban J connectivity index is 1.73. The molecule has 1 saturated carbocycles. The topological polar surface area (TPSA) is 41.5 Å². The number of carbonyl (C=O) groups excluding carboxylic acids is 1. The maximum Gasteiger partial charge on any atom is 0.249 e. The molecule has 2 aromatic carbocycles. The molecule has 122 valence electrons. The molecular weight excluding hydrogens is 296 g/mol. The molecule has 1 aliphatic heterocycles. The van der Waals surface area contributed by atoms with Gasteiger partial charge in [-0.05, 0) is 24.5 Å². The van der Waals surface area contributed by atoms with Crippen LogP contribution in [0.25, 0.3) is 0 Å². The van der Waals surface area contributed by atoms with E-state index in [-0.39, 0.29) is 11.9 Å². The maximum atomic E-state index is 12.7. The molecule has 1 amide bonds. The van der Waals surface area contributed by atoms with Gasteiger partial charge in [0.1, 0.15) is 6.04 Å². The Hall–Kier alpha value is -2.42. The van der Waals surface area contributed by atoms with Crippen LogP contribution >= 0.6 is 0 Å². The molecule has 1 N–H and O–H groups in total. The zero-order valence-corrected chi connectivity index (χ0v) is 13.7. The van der Waals surface area contributed by atoms with Gasteiger partial charge in [0.05, 0.1) is 0 Å². The van der Waals surface area contributed by atoms with E-state index in [1.54, 1.807) is 0 Å². The van der Waals surface area contributed by atoms with Crippen LogP contribution < -0.4 is 5.32 Å². The van der Waals surface area contributed by atoms with Gasteiger partial charge < -0.3 is 5.32 Å². The summed E-state index contributed by atoms with van der Waals surface area (Å²) in [5.41, 5.74) is 4.29. The molecule has 0 bridgehead atoms. The Kier molecular flexibility index (Phi) is 4.16. The number of hydrogen-bond donors (Lipinski definition) is 1. The molecule has 3 heteroatoms. The largest absolute Gasteiger partial charge is 0.324 e. The van der Waals surface area contributed by atoms with Gasteiger partial charge in [-0.2, -0.15) is 0 Å². The maximum absolute atomic E-state index is 12.7. The second-order valence-corrected chi connectivity index (χ2v) is 6.74. The van der Waals surface area contributed by atoms with Gasteiger partial charge in [0, 0.05) is 29.3 Å². The molecule has 1 atom stereocenters. The lowest BCUT2D eigenvalue weighted by Gasteiger charge is -2.15. The number of benzodiazepines with no additional fused rings is 1. The van der Waals surface area contributed by atoms with Crippen molar-refractivity contribution >= 4 is 17.3 Å². The first-order chi connectivity index (χ1) is 11.8. The third-order valence-electron chi connectivity index (χ3n) is 5.07. The van der Waals surface area contributed by atoms with Gasteiger partial charge in [-0.15, -0.1) is 0 Å². The molecule has 0 saturated heterocycles.